The van der Waals surface area contributed by atoms with Crippen molar-refractivity contribution in [3.8, 4) is 22.6 Å². The number of rotatable bonds is 9. The SMILES string of the molecule is Cc1ccc(C(=O)N2CCC(Oc3ccc(COc4ccc(-c5ccc(C(=O)Nc6cccc(Br)c6)cc5)cc4)cc3)CC2)cc1. The van der Waals surface area contributed by atoms with Crippen molar-refractivity contribution in [2.24, 2.45) is 0 Å². The van der Waals surface area contributed by atoms with Gasteiger partial charge < -0.3 is 19.7 Å². The summed E-state index contributed by atoms with van der Waals surface area (Å²) < 4.78 is 13.2. The zero-order chi connectivity index (χ0) is 31.9. The number of aryl methyl sites for hydroxylation is 1. The third-order valence-electron chi connectivity index (χ3n) is 8.08. The van der Waals surface area contributed by atoms with E-state index in [4.69, 9.17) is 9.47 Å². The van der Waals surface area contributed by atoms with E-state index in [2.05, 4.69) is 21.2 Å². The summed E-state index contributed by atoms with van der Waals surface area (Å²) in [6.07, 6.45) is 1.71. The highest BCUT2D eigenvalue weighted by Crippen LogP contribution is 2.25. The first-order chi connectivity index (χ1) is 22.4. The maximum absolute atomic E-state index is 12.8. The van der Waals surface area contributed by atoms with Gasteiger partial charge in [0.15, 0.2) is 0 Å². The van der Waals surface area contributed by atoms with E-state index >= 15 is 0 Å². The van der Waals surface area contributed by atoms with Crippen LogP contribution in [0.2, 0.25) is 0 Å². The molecule has 0 aliphatic carbocycles. The van der Waals surface area contributed by atoms with E-state index in [0.29, 0.717) is 25.3 Å². The number of carbonyl (C=O) groups is 2. The van der Waals surface area contributed by atoms with Gasteiger partial charge in [0.05, 0.1) is 0 Å². The number of ether oxygens (including phenoxy) is 2. The summed E-state index contributed by atoms with van der Waals surface area (Å²) in [5.41, 5.74) is 6.33. The van der Waals surface area contributed by atoms with E-state index in [9.17, 15) is 9.59 Å². The molecule has 6 rings (SSSR count). The molecule has 1 fully saturated rings. The van der Waals surface area contributed by atoms with Crippen LogP contribution in [-0.4, -0.2) is 35.9 Å². The molecule has 5 aromatic carbocycles. The highest BCUT2D eigenvalue weighted by atomic mass is 79.9. The molecule has 5 aromatic rings. The topological polar surface area (TPSA) is 67.9 Å². The molecule has 0 bridgehead atoms. The first-order valence-corrected chi connectivity index (χ1v) is 16.2. The molecule has 1 saturated heterocycles. The van der Waals surface area contributed by atoms with Crippen LogP contribution in [0.25, 0.3) is 11.1 Å². The summed E-state index contributed by atoms with van der Waals surface area (Å²) in [6, 6.07) is 38.8. The van der Waals surface area contributed by atoms with Crippen molar-refractivity contribution in [1.82, 2.24) is 4.90 Å². The van der Waals surface area contributed by atoms with E-state index in [1.165, 1.54) is 0 Å². The van der Waals surface area contributed by atoms with Crippen molar-refractivity contribution in [2.75, 3.05) is 18.4 Å². The zero-order valence-corrected chi connectivity index (χ0v) is 27.2. The van der Waals surface area contributed by atoms with Gasteiger partial charge in [-0.25, -0.2) is 0 Å². The highest BCUT2D eigenvalue weighted by molar-refractivity contribution is 9.10. The van der Waals surface area contributed by atoms with Gasteiger partial charge in [-0.15, -0.1) is 0 Å². The van der Waals surface area contributed by atoms with Crippen LogP contribution < -0.4 is 14.8 Å². The van der Waals surface area contributed by atoms with Gasteiger partial charge in [0.1, 0.15) is 24.2 Å². The van der Waals surface area contributed by atoms with E-state index in [0.717, 1.165) is 62.3 Å². The number of hydrogen-bond acceptors (Lipinski definition) is 4. The summed E-state index contributed by atoms with van der Waals surface area (Å²) in [5, 5.41) is 2.92. The molecular formula is C39H35BrN2O4. The number of halogens is 1. The fraction of sp³-hybridized carbons (Fsp3) is 0.179. The van der Waals surface area contributed by atoms with E-state index in [1.807, 2.05) is 133 Å². The fourth-order valence-electron chi connectivity index (χ4n) is 5.41. The second-order valence-electron chi connectivity index (χ2n) is 11.5. The lowest BCUT2D eigenvalue weighted by Gasteiger charge is -2.32. The molecule has 2 amide bonds. The van der Waals surface area contributed by atoms with Gasteiger partial charge in [-0.1, -0.05) is 76.1 Å². The average molecular weight is 676 g/mol. The normalized spacial score (nSPS) is 13.2. The molecule has 0 spiro atoms. The van der Waals surface area contributed by atoms with Crippen molar-refractivity contribution in [1.29, 1.82) is 0 Å². The fourth-order valence-corrected chi connectivity index (χ4v) is 5.81. The van der Waals surface area contributed by atoms with E-state index < -0.39 is 0 Å². The maximum Gasteiger partial charge on any atom is 0.255 e. The summed E-state index contributed by atoms with van der Waals surface area (Å²) in [6.45, 7) is 3.85. The number of anilines is 1. The summed E-state index contributed by atoms with van der Waals surface area (Å²) in [5.74, 6) is 1.54. The lowest BCUT2D eigenvalue weighted by Crippen LogP contribution is -2.41. The Balaban J connectivity index is 0.951. The number of hydrogen-bond donors (Lipinski definition) is 1. The lowest BCUT2D eigenvalue weighted by atomic mass is 10.0. The molecule has 0 aromatic heterocycles. The van der Waals surface area contributed by atoms with Crippen LogP contribution in [0.3, 0.4) is 0 Å². The predicted octanol–water partition coefficient (Wildman–Crippen LogP) is 8.94. The molecule has 0 radical (unpaired) electrons. The second kappa shape index (κ2) is 14.5. The lowest BCUT2D eigenvalue weighted by molar-refractivity contribution is 0.0595. The van der Waals surface area contributed by atoms with Crippen LogP contribution in [-0.2, 0) is 6.61 Å². The Morgan fingerprint density at radius 1 is 0.761 bits per heavy atom. The monoisotopic (exact) mass is 674 g/mol. The first-order valence-electron chi connectivity index (χ1n) is 15.4. The minimum atomic E-state index is -0.152. The predicted molar refractivity (Wildman–Crippen MR) is 185 cm³/mol. The number of carbonyl (C=O) groups excluding carboxylic acids is 2. The van der Waals surface area contributed by atoms with Crippen molar-refractivity contribution < 1.29 is 19.1 Å². The Kier molecular flexibility index (Phi) is 9.79. The minimum Gasteiger partial charge on any atom is -0.490 e. The summed E-state index contributed by atoms with van der Waals surface area (Å²) in [7, 11) is 0. The Labute approximate surface area is 278 Å². The molecule has 232 valence electrons. The number of piperidine rings is 1. The van der Waals surface area contributed by atoms with Crippen LogP contribution in [0.5, 0.6) is 11.5 Å². The Morgan fingerprint density at radius 3 is 2.02 bits per heavy atom. The van der Waals surface area contributed by atoms with Crippen molar-refractivity contribution in [2.45, 2.75) is 32.5 Å². The Morgan fingerprint density at radius 2 is 1.37 bits per heavy atom. The quantitative estimate of drug-likeness (QED) is 0.170. The standard InChI is InChI=1S/C39H35BrN2O4/c1-27-5-9-32(10-6-27)39(44)42-23-21-37(22-24-42)46-36-17-7-28(8-18-36)26-45-35-19-15-30(16-20-35)29-11-13-31(14-12-29)38(43)41-34-4-2-3-33(40)25-34/h2-20,25,37H,21-24,26H2,1H3,(H,41,43). The molecule has 46 heavy (non-hydrogen) atoms. The third kappa shape index (κ3) is 8.03. The third-order valence-corrected chi connectivity index (χ3v) is 8.57. The minimum absolute atomic E-state index is 0.0885. The number of benzene rings is 5. The number of nitrogens with zero attached hydrogens (tertiary/aromatic N) is 1. The van der Waals surface area contributed by atoms with Crippen LogP contribution in [0, 0.1) is 6.92 Å². The number of nitrogens with one attached hydrogen (secondary N) is 1. The van der Waals surface area contributed by atoms with Gasteiger partial charge in [-0.3, -0.25) is 9.59 Å². The van der Waals surface area contributed by atoms with Gasteiger partial charge >= 0.3 is 0 Å². The zero-order valence-electron chi connectivity index (χ0n) is 25.6. The summed E-state index contributed by atoms with van der Waals surface area (Å²) in [4.78, 5) is 27.4. The second-order valence-corrected chi connectivity index (χ2v) is 12.4. The van der Waals surface area contributed by atoms with Gasteiger partial charge in [0.25, 0.3) is 11.8 Å². The van der Waals surface area contributed by atoms with Crippen molar-refractivity contribution in [3.05, 3.63) is 148 Å². The number of amides is 2. The number of likely N-dealkylation sites (tertiary alicyclic amines) is 1. The molecular weight excluding hydrogens is 640 g/mol. The molecule has 1 heterocycles. The molecule has 0 atom stereocenters. The molecule has 1 aliphatic heterocycles. The highest BCUT2D eigenvalue weighted by Gasteiger charge is 2.24. The van der Waals surface area contributed by atoms with Crippen LogP contribution >= 0.6 is 15.9 Å². The van der Waals surface area contributed by atoms with Crippen molar-refractivity contribution >= 4 is 33.4 Å². The maximum atomic E-state index is 12.8. The Hall–Kier alpha value is -4.88. The first kappa shape index (κ1) is 31.1. The smallest absolute Gasteiger partial charge is 0.255 e. The van der Waals surface area contributed by atoms with Crippen LogP contribution in [0.4, 0.5) is 5.69 Å². The molecule has 6 nitrogen and oxygen atoms in total. The molecule has 7 heteroatoms. The Bertz CT molecular complexity index is 1780. The van der Waals surface area contributed by atoms with Crippen LogP contribution in [0.15, 0.2) is 126 Å². The van der Waals surface area contributed by atoms with Gasteiger partial charge in [-0.2, -0.15) is 0 Å². The van der Waals surface area contributed by atoms with E-state index in [1.54, 1.807) is 0 Å². The van der Waals surface area contributed by atoms with Gasteiger partial charge in [-0.05, 0) is 90.3 Å². The molecule has 0 saturated carbocycles. The van der Waals surface area contributed by atoms with Gasteiger partial charge in [0.2, 0.25) is 0 Å². The van der Waals surface area contributed by atoms with Crippen LogP contribution in [0.1, 0.15) is 44.7 Å². The average Bonchev–Trinajstić information content (AvgIpc) is 3.09. The van der Waals surface area contributed by atoms with Gasteiger partial charge in [0, 0.05) is 47.2 Å². The largest absolute Gasteiger partial charge is 0.490 e. The summed E-state index contributed by atoms with van der Waals surface area (Å²) >= 11 is 3.43. The van der Waals surface area contributed by atoms with Crippen molar-refractivity contribution in [3.63, 3.8) is 0 Å². The van der Waals surface area contributed by atoms with E-state index in [-0.39, 0.29) is 17.9 Å². The molecule has 0 unspecified atom stereocenters. The molecule has 1 aliphatic rings. The molecule has 1 N–H and O–H groups in total.